The van der Waals surface area contributed by atoms with Gasteiger partial charge in [0.1, 0.15) is 0 Å². The Balaban J connectivity index is 2.53. The van der Waals surface area contributed by atoms with E-state index in [0.29, 0.717) is 5.56 Å². The molecule has 0 saturated heterocycles. The quantitative estimate of drug-likeness (QED) is 0.754. The van der Waals surface area contributed by atoms with Crippen molar-refractivity contribution in [1.82, 2.24) is 5.32 Å². The molecule has 0 aliphatic rings. The molecule has 22 heavy (non-hydrogen) atoms. The first-order valence-corrected chi connectivity index (χ1v) is 9.51. The van der Waals surface area contributed by atoms with Crippen LogP contribution in [0.4, 0.5) is 5.69 Å². The normalized spacial score (nSPS) is 11.2. The van der Waals surface area contributed by atoms with Gasteiger partial charge in [0.2, 0.25) is 0 Å². The van der Waals surface area contributed by atoms with Crippen molar-refractivity contribution in [1.29, 1.82) is 0 Å². The van der Waals surface area contributed by atoms with E-state index in [-0.39, 0.29) is 24.0 Å². The molecule has 0 aliphatic heterocycles. The van der Waals surface area contributed by atoms with E-state index in [9.17, 15) is 13.2 Å². The number of anilines is 1. The average Bonchev–Trinajstić information content (AvgIpc) is 2.52. The highest BCUT2D eigenvalue weighted by atomic mass is 32.2. The Morgan fingerprint density at radius 2 is 1.82 bits per heavy atom. The van der Waals surface area contributed by atoms with E-state index in [1.165, 1.54) is 0 Å². The number of unbranched alkanes of at least 4 members (excludes halogenated alkanes) is 1. The van der Waals surface area contributed by atoms with Gasteiger partial charge in [-0.25, -0.2) is 8.42 Å². The van der Waals surface area contributed by atoms with E-state index in [2.05, 4.69) is 17.1 Å². The van der Waals surface area contributed by atoms with E-state index in [1.807, 2.05) is 19.2 Å². The Morgan fingerprint density at radius 3 is 2.36 bits per heavy atom. The van der Waals surface area contributed by atoms with Crippen LogP contribution in [-0.4, -0.2) is 46.0 Å². The van der Waals surface area contributed by atoms with E-state index in [0.717, 1.165) is 25.1 Å². The van der Waals surface area contributed by atoms with Gasteiger partial charge in [-0.3, -0.25) is 4.79 Å². The Labute approximate surface area is 133 Å². The minimum atomic E-state index is -3.05. The number of hydrogen-bond acceptors (Lipinski definition) is 4. The van der Waals surface area contributed by atoms with E-state index >= 15 is 0 Å². The van der Waals surface area contributed by atoms with Crippen LogP contribution >= 0.6 is 0 Å². The molecule has 0 radical (unpaired) electrons. The molecule has 1 aromatic rings. The summed E-state index contributed by atoms with van der Waals surface area (Å²) in [6.45, 7) is 4.88. The lowest BCUT2D eigenvalue weighted by molar-refractivity contribution is 0.0956. The zero-order chi connectivity index (χ0) is 16.6. The lowest BCUT2D eigenvalue weighted by Gasteiger charge is -2.19. The Hall–Kier alpha value is -1.56. The second kappa shape index (κ2) is 8.78. The summed E-state index contributed by atoms with van der Waals surface area (Å²) in [6.07, 6.45) is 2.27. The van der Waals surface area contributed by atoms with Gasteiger partial charge in [0.25, 0.3) is 5.91 Å². The average molecular weight is 326 g/mol. The molecule has 1 aromatic carbocycles. The van der Waals surface area contributed by atoms with Crippen molar-refractivity contribution in [2.24, 2.45) is 0 Å². The second-order valence-electron chi connectivity index (χ2n) is 5.31. The van der Waals surface area contributed by atoms with Crippen molar-refractivity contribution < 1.29 is 13.2 Å². The first-order chi connectivity index (χ1) is 10.4. The van der Waals surface area contributed by atoms with Crippen LogP contribution in [-0.2, 0) is 9.84 Å². The number of benzene rings is 1. The smallest absolute Gasteiger partial charge is 0.251 e. The van der Waals surface area contributed by atoms with Gasteiger partial charge in [-0.1, -0.05) is 20.3 Å². The topological polar surface area (TPSA) is 66.5 Å². The number of rotatable bonds is 9. The first-order valence-electron chi connectivity index (χ1n) is 7.69. The molecule has 1 amide bonds. The summed E-state index contributed by atoms with van der Waals surface area (Å²) < 4.78 is 22.7. The van der Waals surface area contributed by atoms with Crippen molar-refractivity contribution in [3.05, 3.63) is 29.8 Å². The lowest BCUT2D eigenvalue weighted by Crippen LogP contribution is -2.29. The molecule has 0 heterocycles. The maximum Gasteiger partial charge on any atom is 0.251 e. The third-order valence-electron chi connectivity index (χ3n) is 3.56. The Kier molecular flexibility index (Phi) is 7.38. The van der Waals surface area contributed by atoms with Crippen molar-refractivity contribution in [2.45, 2.75) is 26.7 Å². The van der Waals surface area contributed by atoms with Crippen molar-refractivity contribution in [3.8, 4) is 0 Å². The number of nitrogens with zero attached hydrogens (tertiary/aromatic N) is 1. The minimum absolute atomic E-state index is 0.0208. The number of carbonyl (C=O) groups is 1. The fraction of sp³-hybridized carbons (Fsp3) is 0.562. The molecule has 0 aromatic heterocycles. The van der Waals surface area contributed by atoms with Crippen LogP contribution in [0.1, 0.15) is 37.0 Å². The van der Waals surface area contributed by atoms with Gasteiger partial charge in [-0.2, -0.15) is 0 Å². The number of carbonyl (C=O) groups excluding carboxylic acids is 1. The highest BCUT2D eigenvalue weighted by molar-refractivity contribution is 7.91. The molecule has 124 valence electrons. The van der Waals surface area contributed by atoms with Crippen LogP contribution in [0.25, 0.3) is 0 Å². The summed E-state index contributed by atoms with van der Waals surface area (Å²) in [6, 6.07) is 7.35. The van der Waals surface area contributed by atoms with Crippen LogP contribution < -0.4 is 10.2 Å². The number of nitrogens with one attached hydrogen (secondary N) is 1. The predicted molar refractivity (Wildman–Crippen MR) is 91.3 cm³/mol. The fourth-order valence-corrected chi connectivity index (χ4v) is 2.66. The first kappa shape index (κ1) is 18.5. The summed E-state index contributed by atoms with van der Waals surface area (Å²) in [4.78, 5) is 14.1. The molecule has 0 bridgehead atoms. The third kappa shape index (κ3) is 6.05. The molecule has 0 spiro atoms. The minimum Gasteiger partial charge on any atom is -0.375 e. The molecule has 1 rings (SSSR count). The highest BCUT2D eigenvalue weighted by Crippen LogP contribution is 2.14. The Bertz CT molecular complexity index is 568. The molecule has 0 saturated carbocycles. The summed E-state index contributed by atoms with van der Waals surface area (Å²) in [5.74, 6) is -0.163. The molecule has 0 fully saturated rings. The van der Waals surface area contributed by atoms with E-state index in [1.54, 1.807) is 19.1 Å². The second-order valence-corrected chi connectivity index (χ2v) is 7.79. The summed E-state index contributed by atoms with van der Waals surface area (Å²) in [5.41, 5.74) is 1.61. The van der Waals surface area contributed by atoms with Crippen LogP contribution in [0.2, 0.25) is 0 Å². The summed E-state index contributed by atoms with van der Waals surface area (Å²) in [5, 5.41) is 2.64. The number of hydrogen-bond donors (Lipinski definition) is 1. The Morgan fingerprint density at radius 1 is 1.18 bits per heavy atom. The third-order valence-corrected chi connectivity index (χ3v) is 5.26. The number of amides is 1. The maximum atomic E-state index is 12.0. The lowest BCUT2D eigenvalue weighted by atomic mass is 10.2. The highest BCUT2D eigenvalue weighted by Gasteiger charge is 2.10. The zero-order valence-corrected chi connectivity index (χ0v) is 14.4. The molecule has 6 heteroatoms. The van der Waals surface area contributed by atoms with Crippen LogP contribution in [0.5, 0.6) is 0 Å². The van der Waals surface area contributed by atoms with Gasteiger partial charge in [0.15, 0.2) is 9.84 Å². The van der Waals surface area contributed by atoms with Gasteiger partial charge in [-0.15, -0.1) is 0 Å². The van der Waals surface area contributed by atoms with Crippen molar-refractivity contribution >= 4 is 21.4 Å². The van der Waals surface area contributed by atoms with Crippen LogP contribution in [0.3, 0.4) is 0 Å². The molecule has 1 N–H and O–H groups in total. The monoisotopic (exact) mass is 326 g/mol. The maximum absolute atomic E-state index is 12.0. The van der Waals surface area contributed by atoms with Gasteiger partial charge in [0.05, 0.1) is 5.75 Å². The molecular weight excluding hydrogens is 300 g/mol. The summed E-state index contributed by atoms with van der Waals surface area (Å²) in [7, 11) is -1.02. The fourth-order valence-electron chi connectivity index (χ4n) is 1.96. The van der Waals surface area contributed by atoms with Crippen LogP contribution in [0, 0.1) is 0 Å². The van der Waals surface area contributed by atoms with Crippen molar-refractivity contribution in [2.75, 3.05) is 36.5 Å². The van der Waals surface area contributed by atoms with Gasteiger partial charge >= 0.3 is 0 Å². The zero-order valence-electron chi connectivity index (χ0n) is 13.6. The van der Waals surface area contributed by atoms with Crippen LogP contribution in [0.15, 0.2) is 24.3 Å². The molecule has 5 nitrogen and oxygen atoms in total. The molecule has 0 unspecified atom stereocenters. The van der Waals surface area contributed by atoms with Crippen molar-refractivity contribution in [3.63, 3.8) is 0 Å². The van der Waals surface area contributed by atoms with Gasteiger partial charge < -0.3 is 10.2 Å². The van der Waals surface area contributed by atoms with E-state index < -0.39 is 9.84 Å². The summed E-state index contributed by atoms with van der Waals surface area (Å²) >= 11 is 0. The molecular formula is C16H26N2O3S. The van der Waals surface area contributed by atoms with Gasteiger partial charge in [-0.05, 0) is 30.7 Å². The number of sulfone groups is 1. The largest absolute Gasteiger partial charge is 0.375 e. The van der Waals surface area contributed by atoms with Gasteiger partial charge in [0, 0.05) is 37.1 Å². The predicted octanol–water partition coefficient (Wildman–Crippen LogP) is 2.09. The molecule has 0 atom stereocenters. The SMILES string of the molecule is CCCCN(C)c1ccc(C(=O)NCCS(=O)(=O)CC)cc1. The molecule has 0 aliphatic carbocycles. The van der Waals surface area contributed by atoms with E-state index in [4.69, 9.17) is 0 Å². The standard InChI is InChI=1S/C16H26N2O3S/c1-4-6-12-18(3)15-9-7-14(8-10-15)16(19)17-11-13-22(20,21)5-2/h7-10H,4-6,11-13H2,1-3H3,(H,17,19).